The zero-order chi connectivity index (χ0) is 22.1. The maximum absolute atomic E-state index is 9.56. The molecule has 172 valence electrons. The van der Waals surface area contributed by atoms with Crippen molar-refractivity contribution in [1.82, 2.24) is 0 Å². The fourth-order valence-corrected chi connectivity index (χ4v) is 4.75. The lowest BCUT2D eigenvalue weighted by atomic mass is 9.78. The maximum atomic E-state index is 9.56. The second-order valence-corrected chi connectivity index (χ2v) is 10.8. The highest BCUT2D eigenvalue weighted by atomic mass is 16.3. The van der Waals surface area contributed by atoms with E-state index in [1.165, 1.54) is 37.7 Å². The lowest BCUT2D eigenvalue weighted by Gasteiger charge is -2.31. The Labute approximate surface area is 181 Å². The molecule has 0 unspecified atom stereocenters. The van der Waals surface area contributed by atoms with Crippen LogP contribution in [0.2, 0.25) is 0 Å². The molecule has 0 spiro atoms. The summed E-state index contributed by atoms with van der Waals surface area (Å²) in [6.45, 7) is 16.8. The van der Waals surface area contributed by atoms with Gasteiger partial charge in [0.05, 0.1) is 18.3 Å². The summed E-state index contributed by atoms with van der Waals surface area (Å²) in [5.41, 5.74) is 1.23. The molecule has 3 aliphatic carbocycles. The van der Waals surface area contributed by atoms with Gasteiger partial charge in [0.1, 0.15) is 0 Å². The Kier molecular flexibility index (Phi) is 12.1. The van der Waals surface area contributed by atoms with Gasteiger partial charge in [-0.1, -0.05) is 59.6 Å². The van der Waals surface area contributed by atoms with E-state index in [-0.39, 0.29) is 18.3 Å². The van der Waals surface area contributed by atoms with Crippen LogP contribution in [0.25, 0.3) is 0 Å². The molecule has 3 rings (SSSR count). The number of rotatable bonds is 1. The number of hydrogen-bond acceptors (Lipinski definition) is 3. The monoisotopic (exact) mass is 410 g/mol. The highest BCUT2D eigenvalue weighted by molar-refractivity contribution is 4.99. The third kappa shape index (κ3) is 9.98. The summed E-state index contributed by atoms with van der Waals surface area (Å²) in [5, 5.41) is 28.3. The van der Waals surface area contributed by atoms with E-state index in [9.17, 15) is 15.3 Å². The first-order chi connectivity index (χ1) is 13.5. The summed E-state index contributed by atoms with van der Waals surface area (Å²) in [7, 11) is 0. The average Bonchev–Trinajstić information content (AvgIpc) is 2.65. The van der Waals surface area contributed by atoms with Crippen molar-refractivity contribution in [3.8, 4) is 0 Å². The Bertz CT molecular complexity index is 439. The van der Waals surface area contributed by atoms with Crippen LogP contribution in [-0.4, -0.2) is 33.6 Å². The average molecular weight is 411 g/mol. The van der Waals surface area contributed by atoms with E-state index in [4.69, 9.17) is 0 Å². The third-order valence-corrected chi connectivity index (χ3v) is 7.68. The van der Waals surface area contributed by atoms with E-state index in [1.54, 1.807) is 0 Å². The third-order valence-electron chi connectivity index (χ3n) is 7.68. The fourth-order valence-electron chi connectivity index (χ4n) is 4.75. The van der Waals surface area contributed by atoms with Gasteiger partial charge in [0.25, 0.3) is 0 Å². The van der Waals surface area contributed by atoms with Gasteiger partial charge < -0.3 is 15.3 Å². The normalized spacial score (nSPS) is 42.6. The second kappa shape index (κ2) is 13.1. The van der Waals surface area contributed by atoms with Gasteiger partial charge >= 0.3 is 0 Å². The van der Waals surface area contributed by atoms with Crippen molar-refractivity contribution in [2.75, 3.05) is 0 Å². The van der Waals surface area contributed by atoms with Crippen LogP contribution in [-0.2, 0) is 0 Å². The molecular formula is C26H50O3. The van der Waals surface area contributed by atoms with Gasteiger partial charge in [0.2, 0.25) is 0 Å². The predicted octanol–water partition coefficient (Wildman–Crippen LogP) is 5.97. The van der Waals surface area contributed by atoms with Crippen LogP contribution in [0.15, 0.2) is 12.2 Å². The van der Waals surface area contributed by atoms with E-state index < -0.39 is 0 Å². The number of aliphatic hydroxyl groups is 3. The predicted molar refractivity (Wildman–Crippen MR) is 124 cm³/mol. The molecule has 0 amide bonds. The van der Waals surface area contributed by atoms with Crippen molar-refractivity contribution < 1.29 is 15.3 Å². The highest BCUT2D eigenvalue weighted by Crippen LogP contribution is 2.32. The quantitative estimate of drug-likeness (QED) is 0.467. The minimum absolute atomic E-state index is 0.0197. The van der Waals surface area contributed by atoms with Crippen molar-refractivity contribution >= 4 is 0 Å². The topological polar surface area (TPSA) is 60.7 Å². The number of aliphatic hydroxyl groups excluding tert-OH is 3. The van der Waals surface area contributed by atoms with Gasteiger partial charge in [-0.2, -0.15) is 0 Å². The number of hydrogen-bond donors (Lipinski definition) is 3. The van der Waals surface area contributed by atoms with Gasteiger partial charge in [-0.15, -0.1) is 0 Å². The molecule has 0 aliphatic heterocycles. The molecule has 29 heavy (non-hydrogen) atoms. The van der Waals surface area contributed by atoms with E-state index in [1.807, 2.05) is 0 Å². The van der Waals surface area contributed by atoms with Crippen LogP contribution >= 0.6 is 0 Å². The molecule has 0 saturated heterocycles. The Morgan fingerprint density at radius 2 is 0.931 bits per heavy atom. The van der Waals surface area contributed by atoms with E-state index >= 15 is 0 Å². The van der Waals surface area contributed by atoms with Gasteiger partial charge in [-0.25, -0.2) is 0 Å². The van der Waals surface area contributed by atoms with Crippen LogP contribution < -0.4 is 0 Å². The van der Waals surface area contributed by atoms with Crippen LogP contribution in [0.5, 0.6) is 0 Å². The molecule has 3 saturated carbocycles. The second-order valence-electron chi connectivity index (χ2n) is 10.8. The van der Waals surface area contributed by atoms with Crippen molar-refractivity contribution in [2.24, 2.45) is 35.5 Å². The van der Waals surface area contributed by atoms with Crippen LogP contribution in [0.3, 0.4) is 0 Å². The Balaban J connectivity index is 0.000000219. The lowest BCUT2D eigenvalue weighted by Crippen LogP contribution is -2.27. The Morgan fingerprint density at radius 1 is 0.586 bits per heavy atom. The van der Waals surface area contributed by atoms with Gasteiger partial charge in [0, 0.05) is 0 Å². The summed E-state index contributed by atoms with van der Waals surface area (Å²) in [4.78, 5) is 0. The van der Waals surface area contributed by atoms with Gasteiger partial charge in [-0.3, -0.25) is 0 Å². The van der Waals surface area contributed by atoms with E-state index in [0.717, 1.165) is 37.5 Å². The minimum atomic E-state index is -0.0922. The first kappa shape index (κ1) is 26.7. The van der Waals surface area contributed by atoms with Crippen molar-refractivity contribution in [3.63, 3.8) is 0 Å². The first-order valence-corrected chi connectivity index (χ1v) is 12.2. The first-order valence-electron chi connectivity index (χ1n) is 12.2. The molecule has 0 aromatic carbocycles. The van der Waals surface area contributed by atoms with Crippen LogP contribution in [0.1, 0.15) is 99.3 Å². The van der Waals surface area contributed by atoms with E-state index in [0.29, 0.717) is 23.7 Å². The van der Waals surface area contributed by atoms with Gasteiger partial charge in [0.15, 0.2) is 0 Å². The maximum Gasteiger partial charge on any atom is 0.0571 e. The fraction of sp³-hybridized carbons (Fsp3) is 0.923. The molecule has 3 nitrogen and oxygen atoms in total. The summed E-state index contributed by atoms with van der Waals surface area (Å²) in [5.74, 6) is 3.64. The zero-order valence-corrected chi connectivity index (χ0v) is 20.1. The summed E-state index contributed by atoms with van der Waals surface area (Å²) >= 11 is 0. The molecule has 9 atom stereocenters. The number of allylic oxidation sites excluding steroid dienone is 1. The SMILES string of the molecule is C=C(C)[C@@H]1CC[C@@H](C)[C@H](O)C1.C[C@@H]1CC[C@@H](C)[C@H](O)C1.C[C@H]1CC[C@@H](C)[C@H](O)C1. The Morgan fingerprint density at radius 3 is 1.21 bits per heavy atom. The molecule has 0 bridgehead atoms. The van der Waals surface area contributed by atoms with Crippen LogP contribution in [0.4, 0.5) is 0 Å². The Hall–Kier alpha value is -0.380. The molecular weight excluding hydrogens is 360 g/mol. The molecule has 3 aliphatic rings. The summed E-state index contributed by atoms with van der Waals surface area (Å²) < 4.78 is 0. The summed E-state index contributed by atoms with van der Waals surface area (Å²) in [6.07, 6.45) is 10.2. The van der Waals surface area contributed by atoms with Crippen molar-refractivity contribution in [2.45, 2.75) is 118 Å². The molecule has 0 aromatic heterocycles. The highest BCUT2D eigenvalue weighted by Gasteiger charge is 2.26. The van der Waals surface area contributed by atoms with Gasteiger partial charge in [-0.05, 0) is 87.4 Å². The molecule has 3 heteroatoms. The lowest BCUT2D eigenvalue weighted by molar-refractivity contribution is 0.0575. The van der Waals surface area contributed by atoms with Crippen LogP contribution in [0, 0.1) is 35.5 Å². The van der Waals surface area contributed by atoms with E-state index in [2.05, 4.69) is 48.1 Å². The minimum Gasteiger partial charge on any atom is -0.393 e. The molecule has 0 radical (unpaired) electrons. The molecule has 0 heterocycles. The van der Waals surface area contributed by atoms with Crippen molar-refractivity contribution in [1.29, 1.82) is 0 Å². The summed E-state index contributed by atoms with van der Waals surface area (Å²) in [6, 6.07) is 0. The molecule has 3 fully saturated rings. The zero-order valence-electron chi connectivity index (χ0n) is 20.1. The smallest absolute Gasteiger partial charge is 0.0571 e. The molecule has 0 aromatic rings. The molecule has 3 N–H and O–H groups in total. The standard InChI is InChI=1S/C10H18O.2C8H16O/c1-7(2)9-5-4-8(3)10(11)6-9;2*1-6-3-4-7(2)8(9)5-6/h8-11H,1,4-6H2,2-3H3;2*6-9H,3-5H2,1-2H3/t8-,9-,10-;6-,7+,8+;6-,7-,8-/m101/s1. The largest absolute Gasteiger partial charge is 0.393 e. The van der Waals surface area contributed by atoms with Crippen molar-refractivity contribution in [3.05, 3.63) is 12.2 Å².